The summed E-state index contributed by atoms with van der Waals surface area (Å²) in [4.78, 5) is 15.7. The summed E-state index contributed by atoms with van der Waals surface area (Å²) in [5, 5.41) is 8.81. The molecule has 2 aliphatic heterocycles. The number of hydrogen-bond acceptors (Lipinski definition) is 4. The Morgan fingerprint density at radius 3 is 2.86 bits per heavy atom. The van der Waals surface area contributed by atoms with Crippen LogP contribution in [0.5, 0.6) is 0 Å². The summed E-state index contributed by atoms with van der Waals surface area (Å²) in [7, 11) is 0. The Hall–Kier alpha value is -0.650. The van der Waals surface area contributed by atoms with E-state index in [1.807, 2.05) is 0 Å². The van der Waals surface area contributed by atoms with Gasteiger partial charge in [0.2, 0.25) is 0 Å². The zero-order valence-electron chi connectivity index (χ0n) is 13.5. The van der Waals surface area contributed by atoms with Gasteiger partial charge in [-0.15, -0.1) is 0 Å². The van der Waals surface area contributed by atoms with Crippen LogP contribution in [0.4, 0.5) is 0 Å². The SMILES string of the molecule is CC(C)N1CCOC(CN2CCCC(CCC(=O)O)C2)C1. The molecule has 0 aromatic rings. The molecule has 0 spiro atoms. The number of ether oxygens (including phenoxy) is 1. The third-order valence-corrected chi connectivity index (χ3v) is 4.73. The van der Waals surface area contributed by atoms with Crippen molar-refractivity contribution in [3.8, 4) is 0 Å². The number of carboxylic acid groups (broad SMARTS) is 1. The van der Waals surface area contributed by atoms with Crippen LogP contribution in [-0.4, -0.2) is 72.4 Å². The lowest BCUT2D eigenvalue weighted by molar-refractivity contribution is -0.137. The smallest absolute Gasteiger partial charge is 0.303 e. The summed E-state index contributed by atoms with van der Waals surface area (Å²) in [5.41, 5.74) is 0. The molecule has 2 aliphatic rings. The molecular formula is C16H30N2O3. The van der Waals surface area contributed by atoms with Crippen molar-refractivity contribution in [2.45, 2.75) is 51.7 Å². The second-order valence-electron chi connectivity index (χ2n) is 6.78. The zero-order chi connectivity index (χ0) is 15.2. The van der Waals surface area contributed by atoms with E-state index in [-0.39, 0.29) is 0 Å². The first-order valence-corrected chi connectivity index (χ1v) is 8.34. The first-order chi connectivity index (χ1) is 10.0. The molecule has 5 nitrogen and oxygen atoms in total. The van der Waals surface area contributed by atoms with Gasteiger partial charge < -0.3 is 14.7 Å². The Labute approximate surface area is 128 Å². The number of rotatable bonds is 6. The highest BCUT2D eigenvalue weighted by atomic mass is 16.5. The van der Waals surface area contributed by atoms with Gasteiger partial charge in [0.25, 0.3) is 0 Å². The molecule has 122 valence electrons. The van der Waals surface area contributed by atoms with Crippen molar-refractivity contribution in [2.24, 2.45) is 5.92 Å². The maximum Gasteiger partial charge on any atom is 0.303 e. The molecule has 0 saturated carbocycles. The normalized spacial score (nSPS) is 28.9. The first kappa shape index (κ1) is 16.7. The molecule has 0 radical (unpaired) electrons. The molecule has 2 atom stereocenters. The lowest BCUT2D eigenvalue weighted by atomic mass is 9.93. The van der Waals surface area contributed by atoms with E-state index in [2.05, 4.69) is 23.6 Å². The minimum absolute atomic E-state index is 0.305. The number of likely N-dealkylation sites (tertiary alicyclic amines) is 1. The van der Waals surface area contributed by atoms with Crippen molar-refractivity contribution in [2.75, 3.05) is 39.3 Å². The van der Waals surface area contributed by atoms with E-state index in [9.17, 15) is 4.79 Å². The standard InChI is InChI=1S/C16H30N2O3/c1-13(2)18-8-9-21-15(12-18)11-17-7-3-4-14(10-17)5-6-16(19)20/h13-15H,3-12H2,1-2H3,(H,19,20). The Bertz CT molecular complexity index is 335. The Morgan fingerprint density at radius 1 is 1.33 bits per heavy atom. The fraction of sp³-hybridized carbons (Fsp3) is 0.938. The van der Waals surface area contributed by atoms with Crippen LogP contribution in [0.1, 0.15) is 39.5 Å². The molecule has 0 aromatic heterocycles. The summed E-state index contributed by atoms with van der Waals surface area (Å²) >= 11 is 0. The number of piperidine rings is 1. The molecule has 2 heterocycles. The highest BCUT2D eigenvalue weighted by Gasteiger charge is 2.27. The van der Waals surface area contributed by atoms with Gasteiger partial charge in [0.05, 0.1) is 12.7 Å². The van der Waals surface area contributed by atoms with Gasteiger partial charge in [0.15, 0.2) is 0 Å². The van der Waals surface area contributed by atoms with Gasteiger partial charge >= 0.3 is 5.97 Å². The second-order valence-corrected chi connectivity index (χ2v) is 6.78. The van der Waals surface area contributed by atoms with E-state index in [4.69, 9.17) is 9.84 Å². The molecule has 0 aliphatic carbocycles. The van der Waals surface area contributed by atoms with Crippen LogP contribution in [0.25, 0.3) is 0 Å². The summed E-state index contributed by atoms with van der Waals surface area (Å²) in [6, 6.07) is 0.584. The number of carboxylic acids is 1. The quantitative estimate of drug-likeness (QED) is 0.808. The molecule has 0 amide bonds. The van der Waals surface area contributed by atoms with Gasteiger partial charge in [0, 0.05) is 38.6 Å². The fourth-order valence-electron chi connectivity index (χ4n) is 3.49. The Morgan fingerprint density at radius 2 is 2.14 bits per heavy atom. The largest absolute Gasteiger partial charge is 0.481 e. The van der Waals surface area contributed by atoms with Gasteiger partial charge in [-0.25, -0.2) is 0 Å². The van der Waals surface area contributed by atoms with Crippen LogP contribution < -0.4 is 0 Å². The average molecular weight is 298 g/mol. The highest BCUT2D eigenvalue weighted by Crippen LogP contribution is 2.22. The van der Waals surface area contributed by atoms with Crippen molar-refractivity contribution in [3.05, 3.63) is 0 Å². The van der Waals surface area contributed by atoms with Crippen LogP contribution in [0.3, 0.4) is 0 Å². The van der Waals surface area contributed by atoms with Gasteiger partial charge in [0.1, 0.15) is 0 Å². The zero-order valence-corrected chi connectivity index (χ0v) is 13.5. The maximum absolute atomic E-state index is 10.7. The first-order valence-electron chi connectivity index (χ1n) is 8.34. The maximum atomic E-state index is 10.7. The third-order valence-electron chi connectivity index (χ3n) is 4.73. The van der Waals surface area contributed by atoms with Crippen LogP contribution in [0, 0.1) is 5.92 Å². The molecule has 5 heteroatoms. The molecule has 0 bridgehead atoms. The third kappa shape index (κ3) is 5.57. The number of carbonyl (C=O) groups is 1. The van der Waals surface area contributed by atoms with Crippen molar-refractivity contribution in [1.82, 2.24) is 9.80 Å². The monoisotopic (exact) mass is 298 g/mol. The molecule has 2 saturated heterocycles. The summed E-state index contributed by atoms with van der Waals surface area (Å²) in [5.74, 6) is -0.130. The lowest BCUT2D eigenvalue weighted by Gasteiger charge is -2.39. The molecule has 2 fully saturated rings. The van der Waals surface area contributed by atoms with Crippen molar-refractivity contribution >= 4 is 5.97 Å². The van der Waals surface area contributed by atoms with Crippen molar-refractivity contribution in [1.29, 1.82) is 0 Å². The second kappa shape index (κ2) is 8.11. The average Bonchev–Trinajstić information content (AvgIpc) is 2.46. The molecule has 21 heavy (non-hydrogen) atoms. The molecule has 2 unspecified atom stereocenters. The highest BCUT2D eigenvalue weighted by molar-refractivity contribution is 5.66. The van der Waals surface area contributed by atoms with Crippen molar-refractivity contribution in [3.63, 3.8) is 0 Å². The van der Waals surface area contributed by atoms with Crippen molar-refractivity contribution < 1.29 is 14.6 Å². The van der Waals surface area contributed by atoms with Gasteiger partial charge in [-0.2, -0.15) is 0 Å². The number of hydrogen-bond donors (Lipinski definition) is 1. The van der Waals surface area contributed by atoms with Crippen LogP contribution in [-0.2, 0) is 9.53 Å². The van der Waals surface area contributed by atoms with E-state index in [0.717, 1.165) is 45.8 Å². The predicted molar refractivity (Wildman–Crippen MR) is 82.5 cm³/mol. The van der Waals surface area contributed by atoms with E-state index in [1.165, 1.54) is 12.8 Å². The Balaban J connectivity index is 1.75. The van der Waals surface area contributed by atoms with Gasteiger partial charge in [-0.1, -0.05) is 0 Å². The Kier molecular flexibility index (Phi) is 6.45. The minimum atomic E-state index is -0.671. The summed E-state index contributed by atoms with van der Waals surface area (Å²) in [6.07, 6.45) is 3.78. The summed E-state index contributed by atoms with van der Waals surface area (Å²) < 4.78 is 5.92. The number of aliphatic carboxylic acids is 1. The lowest BCUT2D eigenvalue weighted by Crippen LogP contribution is -2.51. The molecule has 2 rings (SSSR count). The summed E-state index contributed by atoms with van der Waals surface area (Å²) in [6.45, 7) is 10.5. The minimum Gasteiger partial charge on any atom is -0.481 e. The predicted octanol–water partition coefficient (Wildman–Crippen LogP) is 1.67. The van der Waals surface area contributed by atoms with E-state index >= 15 is 0 Å². The number of morpholine rings is 1. The fourth-order valence-corrected chi connectivity index (χ4v) is 3.49. The molecule has 0 aromatic carbocycles. The van der Waals surface area contributed by atoms with E-state index in [1.54, 1.807) is 0 Å². The molecule has 1 N–H and O–H groups in total. The van der Waals surface area contributed by atoms with E-state index < -0.39 is 5.97 Å². The van der Waals surface area contributed by atoms with Gasteiger partial charge in [-0.05, 0) is 45.6 Å². The van der Waals surface area contributed by atoms with Crippen LogP contribution in [0.2, 0.25) is 0 Å². The van der Waals surface area contributed by atoms with Gasteiger partial charge in [-0.3, -0.25) is 9.69 Å². The topological polar surface area (TPSA) is 53.0 Å². The molecular weight excluding hydrogens is 268 g/mol. The van der Waals surface area contributed by atoms with Crippen LogP contribution in [0.15, 0.2) is 0 Å². The number of nitrogens with zero attached hydrogens (tertiary/aromatic N) is 2. The van der Waals surface area contributed by atoms with E-state index in [0.29, 0.717) is 24.5 Å². The van der Waals surface area contributed by atoms with Crippen LogP contribution >= 0.6 is 0 Å².